The van der Waals surface area contributed by atoms with Gasteiger partial charge in [0, 0.05) is 13.3 Å². The molecule has 0 amide bonds. The minimum absolute atomic E-state index is 0.399. The molecule has 1 atom stereocenters. The average molecular weight is 169 g/mol. The number of rotatable bonds is 3. The van der Waals surface area contributed by atoms with Crippen molar-refractivity contribution in [1.82, 2.24) is 4.98 Å². The summed E-state index contributed by atoms with van der Waals surface area (Å²) in [6.45, 7) is 3.37. The molecule has 0 fully saturated rings. The molecule has 0 spiro atoms. The van der Waals surface area contributed by atoms with Crippen molar-refractivity contribution in [3.63, 3.8) is 0 Å². The van der Waals surface area contributed by atoms with Gasteiger partial charge in [-0.2, -0.15) is 0 Å². The summed E-state index contributed by atoms with van der Waals surface area (Å²) in [7, 11) is 0. The molecule has 4 nitrogen and oxygen atoms in total. The minimum atomic E-state index is -0.816. The Kier molecular flexibility index (Phi) is 2.47. The maximum absolute atomic E-state index is 10.4. The average Bonchev–Trinajstić information content (AvgIpc) is 2.35. The summed E-state index contributed by atoms with van der Waals surface area (Å²) in [6.07, 6.45) is 1.96. The summed E-state index contributed by atoms with van der Waals surface area (Å²) >= 11 is 0. The fraction of sp³-hybridized carbons (Fsp3) is 0.500. The Hall–Kier alpha value is -1.32. The zero-order valence-electron chi connectivity index (χ0n) is 7.07. The van der Waals surface area contributed by atoms with Crippen LogP contribution in [0, 0.1) is 12.8 Å². The Morgan fingerprint density at radius 2 is 2.50 bits per heavy atom. The van der Waals surface area contributed by atoms with Crippen LogP contribution in [0.3, 0.4) is 0 Å². The second kappa shape index (κ2) is 3.38. The molecule has 4 heteroatoms. The van der Waals surface area contributed by atoms with E-state index in [1.165, 1.54) is 0 Å². The molecule has 1 aromatic rings. The van der Waals surface area contributed by atoms with Crippen molar-refractivity contribution >= 4 is 5.97 Å². The summed E-state index contributed by atoms with van der Waals surface area (Å²) in [4.78, 5) is 14.3. The van der Waals surface area contributed by atoms with E-state index >= 15 is 0 Å². The molecule has 1 rings (SSSR count). The van der Waals surface area contributed by atoms with Gasteiger partial charge in [-0.25, -0.2) is 4.98 Å². The van der Waals surface area contributed by atoms with E-state index in [-0.39, 0.29) is 0 Å². The van der Waals surface area contributed by atoms with Crippen LogP contribution in [0.4, 0.5) is 0 Å². The Balaban J connectivity index is 2.58. The van der Waals surface area contributed by atoms with E-state index in [0.717, 1.165) is 0 Å². The first-order valence-corrected chi connectivity index (χ1v) is 3.73. The van der Waals surface area contributed by atoms with Crippen molar-refractivity contribution in [1.29, 1.82) is 0 Å². The van der Waals surface area contributed by atoms with Crippen LogP contribution in [-0.2, 0) is 11.2 Å². The normalized spacial score (nSPS) is 12.8. The number of carboxylic acids is 1. The smallest absolute Gasteiger partial charge is 0.306 e. The molecule has 0 saturated carbocycles. The second-order valence-corrected chi connectivity index (χ2v) is 2.79. The number of hydrogen-bond acceptors (Lipinski definition) is 3. The number of nitrogens with zero attached hydrogens (tertiary/aromatic N) is 1. The molecule has 1 N–H and O–H groups in total. The molecule has 0 aliphatic carbocycles. The van der Waals surface area contributed by atoms with Crippen molar-refractivity contribution in [2.45, 2.75) is 20.3 Å². The molecule has 0 bridgehead atoms. The van der Waals surface area contributed by atoms with Gasteiger partial charge in [0.1, 0.15) is 5.76 Å². The topological polar surface area (TPSA) is 63.3 Å². The second-order valence-electron chi connectivity index (χ2n) is 2.79. The number of carbonyl (C=O) groups is 1. The lowest BCUT2D eigenvalue weighted by Crippen LogP contribution is -2.11. The van der Waals surface area contributed by atoms with E-state index in [2.05, 4.69) is 4.98 Å². The standard InChI is InChI=1S/C8H11NO3/c1-5(8(10)11)3-7-4-9-6(2)12-7/h4-5H,3H2,1-2H3,(H,10,11). The van der Waals surface area contributed by atoms with E-state index in [1.807, 2.05) is 0 Å². The van der Waals surface area contributed by atoms with Crippen LogP contribution >= 0.6 is 0 Å². The van der Waals surface area contributed by atoms with E-state index in [9.17, 15) is 4.79 Å². The first kappa shape index (κ1) is 8.77. The largest absolute Gasteiger partial charge is 0.481 e. The molecule has 0 radical (unpaired) electrons. The predicted molar refractivity (Wildman–Crippen MR) is 41.7 cm³/mol. The summed E-state index contributed by atoms with van der Waals surface area (Å²) in [5.41, 5.74) is 0. The van der Waals surface area contributed by atoms with Gasteiger partial charge in [0.05, 0.1) is 12.1 Å². The van der Waals surface area contributed by atoms with Gasteiger partial charge in [0.2, 0.25) is 0 Å². The van der Waals surface area contributed by atoms with E-state index < -0.39 is 11.9 Å². The zero-order chi connectivity index (χ0) is 9.14. The lowest BCUT2D eigenvalue weighted by molar-refractivity contribution is -0.141. The highest BCUT2D eigenvalue weighted by atomic mass is 16.4. The molecule has 1 heterocycles. The number of aryl methyl sites for hydroxylation is 1. The van der Waals surface area contributed by atoms with Gasteiger partial charge in [-0.05, 0) is 0 Å². The molecule has 0 aliphatic heterocycles. The number of hydrogen-bond donors (Lipinski definition) is 1. The van der Waals surface area contributed by atoms with Crippen LogP contribution in [0.1, 0.15) is 18.6 Å². The van der Waals surface area contributed by atoms with Crippen molar-refractivity contribution < 1.29 is 14.3 Å². The Morgan fingerprint density at radius 1 is 1.83 bits per heavy atom. The van der Waals surface area contributed by atoms with Gasteiger partial charge in [0.25, 0.3) is 0 Å². The summed E-state index contributed by atoms with van der Waals surface area (Å²) in [5, 5.41) is 8.59. The molecule has 1 unspecified atom stereocenters. The fourth-order valence-corrected chi connectivity index (χ4v) is 0.889. The Labute approximate surface area is 70.2 Å². The van der Waals surface area contributed by atoms with Gasteiger partial charge in [0.15, 0.2) is 5.89 Å². The molecule has 0 saturated heterocycles. The third-order valence-electron chi connectivity index (χ3n) is 1.60. The van der Waals surface area contributed by atoms with E-state index in [4.69, 9.17) is 9.52 Å². The maximum Gasteiger partial charge on any atom is 0.306 e. The van der Waals surface area contributed by atoms with Crippen molar-refractivity contribution in [3.8, 4) is 0 Å². The van der Waals surface area contributed by atoms with Crippen LogP contribution < -0.4 is 0 Å². The van der Waals surface area contributed by atoms with Crippen LogP contribution in [-0.4, -0.2) is 16.1 Å². The van der Waals surface area contributed by atoms with E-state index in [0.29, 0.717) is 18.1 Å². The number of aliphatic carboxylic acids is 1. The van der Waals surface area contributed by atoms with Crippen LogP contribution in [0.15, 0.2) is 10.6 Å². The SMILES string of the molecule is Cc1ncc(CC(C)C(=O)O)o1. The van der Waals surface area contributed by atoms with Gasteiger partial charge in [-0.3, -0.25) is 4.79 Å². The zero-order valence-corrected chi connectivity index (χ0v) is 7.07. The molecular weight excluding hydrogens is 158 g/mol. The van der Waals surface area contributed by atoms with E-state index in [1.54, 1.807) is 20.0 Å². The molecule has 0 aromatic carbocycles. The minimum Gasteiger partial charge on any atom is -0.481 e. The Bertz CT molecular complexity index is 280. The molecule has 0 aliphatic rings. The fourth-order valence-electron chi connectivity index (χ4n) is 0.889. The molecule has 12 heavy (non-hydrogen) atoms. The highest BCUT2D eigenvalue weighted by Crippen LogP contribution is 2.09. The van der Waals surface area contributed by atoms with Crippen LogP contribution in [0.5, 0.6) is 0 Å². The number of carboxylic acid groups (broad SMARTS) is 1. The van der Waals surface area contributed by atoms with Crippen molar-refractivity contribution in [3.05, 3.63) is 17.8 Å². The summed E-state index contributed by atoms with van der Waals surface area (Å²) < 4.78 is 5.13. The summed E-state index contributed by atoms with van der Waals surface area (Å²) in [6, 6.07) is 0. The molecule has 1 aromatic heterocycles. The number of oxazole rings is 1. The van der Waals surface area contributed by atoms with Crippen molar-refractivity contribution in [2.24, 2.45) is 5.92 Å². The highest BCUT2D eigenvalue weighted by molar-refractivity contribution is 5.69. The van der Waals surface area contributed by atoms with Gasteiger partial charge in [-0.1, -0.05) is 6.92 Å². The maximum atomic E-state index is 10.4. The first-order chi connectivity index (χ1) is 5.59. The van der Waals surface area contributed by atoms with Gasteiger partial charge in [-0.15, -0.1) is 0 Å². The quantitative estimate of drug-likeness (QED) is 0.739. The molecular formula is C8H11NO3. The summed E-state index contributed by atoms with van der Waals surface area (Å²) in [5.74, 6) is -0.0357. The Morgan fingerprint density at radius 3 is 2.92 bits per heavy atom. The lowest BCUT2D eigenvalue weighted by atomic mass is 10.1. The van der Waals surface area contributed by atoms with Gasteiger partial charge >= 0.3 is 5.97 Å². The first-order valence-electron chi connectivity index (χ1n) is 3.73. The predicted octanol–water partition coefficient (Wildman–Crippen LogP) is 1.25. The highest BCUT2D eigenvalue weighted by Gasteiger charge is 2.13. The van der Waals surface area contributed by atoms with Crippen molar-refractivity contribution in [2.75, 3.05) is 0 Å². The van der Waals surface area contributed by atoms with Gasteiger partial charge < -0.3 is 9.52 Å². The third kappa shape index (κ3) is 2.08. The molecule has 66 valence electrons. The van der Waals surface area contributed by atoms with Crippen LogP contribution in [0.2, 0.25) is 0 Å². The monoisotopic (exact) mass is 169 g/mol. The third-order valence-corrected chi connectivity index (χ3v) is 1.60. The van der Waals surface area contributed by atoms with Crippen LogP contribution in [0.25, 0.3) is 0 Å². The number of aromatic nitrogens is 1. The lowest BCUT2D eigenvalue weighted by Gasteiger charge is -2.00.